The maximum Gasteiger partial charge on any atom is 0.335 e. The molecule has 4 heteroatoms. The van der Waals surface area contributed by atoms with Gasteiger partial charge in [0.1, 0.15) is 0 Å². The molecular weight excluding hydrogens is 316 g/mol. The van der Waals surface area contributed by atoms with Crippen LogP contribution in [-0.2, 0) is 14.3 Å². The molecule has 25 heavy (non-hydrogen) atoms. The number of carboxylic acids is 1. The summed E-state index contributed by atoms with van der Waals surface area (Å²) >= 11 is 0. The number of aliphatic carboxylic acids is 1. The molecule has 0 aliphatic rings. The van der Waals surface area contributed by atoms with Crippen LogP contribution in [0.15, 0.2) is 25.0 Å². The van der Waals surface area contributed by atoms with E-state index in [4.69, 9.17) is 5.11 Å². The summed E-state index contributed by atoms with van der Waals surface area (Å²) in [5.41, 5.74) is 0. The minimum Gasteiger partial charge on any atom is -0.481 e. The maximum absolute atomic E-state index is 11.0. The summed E-state index contributed by atoms with van der Waals surface area (Å²) in [7, 11) is 0. The SMILES string of the molecule is C=COC(=O)C=CCCCCCCCCCCCCCCCC(=O)O. The van der Waals surface area contributed by atoms with Gasteiger partial charge in [0.25, 0.3) is 0 Å². The topological polar surface area (TPSA) is 63.6 Å². The highest BCUT2D eigenvalue weighted by atomic mass is 16.5. The molecular formula is C21H36O4. The van der Waals surface area contributed by atoms with Crippen LogP contribution >= 0.6 is 0 Å². The van der Waals surface area contributed by atoms with Crippen LogP contribution in [0.4, 0.5) is 0 Å². The summed E-state index contributed by atoms with van der Waals surface area (Å²) in [5, 5.41) is 8.54. The zero-order chi connectivity index (χ0) is 18.6. The highest BCUT2D eigenvalue weighted by molar-refractivity contribution is 5.82. The Morgan fingerprint density at radius 3 is 1.64 bits per heavy atom. The Morgan fingerprint density at radius 2 is 1.20 bits per heavy atom. The van der Waals surface area contributed by atoms with Crippen molar-refractivity contribution in [2.24, 2.45) is 0 Å². The van der Waals surface area contributed by atoms with E-state index in [1.54, 1.807) is 0 Å². The molecule has 0 radical (unpaired) electrons. The second-order valence-corrected chi connectivity index (χ2v) is 6.53. The van der Waals surface area contributed by atoms with Crippen molar-refractivity contribution in [2.45, 2.75) is 96.3 Å². The first-order valence-corrected chi connectivity index (χ1v) is 9.86. The number of carbonyl (C=O) groups excluding carboxylic acids is 1. The quantitative estimate of drug-likeness (QED) is 0.139. The normalized spacial score (nSPS) is 10.9. The molecule has 144 valence electrons. The predicted octanol–water partition coefficient (Wildman–Crippen LogP) is 6.17. The van der Waals surface area contributed by atoms with Gasteiger partial charge < -0.3 is 9.84 Å². The average molecular weight is 353 g/mol. The fourth-order valence-electron chi connectivity index (χ4n) is 2.78. The monoisotopic (exact) mass is 352 g/mol. The zero-order valence-corrected chi connectivity index (χ0v) is 15.7. The third-order valence-corrected chi connectivity index (χ3v) is 4.21. The standard InChI is InChI=1S/C21H36O4/c1-2-25-21(24)19-17-15-13-11-9-7-5-3-4-6-8-10-12-14-16-18-20(22)23/h2,17,19H,1,3-16,18H2,(H,22,23). The Hall–Kier alpha value is -1.58. The molecule has 0 aliphatic carbocycles. The zero-order valence-electron chi connectivity index (χ0n) is 15.7. The molecule has 0 aromatic heterocycles. The lowest BCUT2D eigenvalue weighted by Crippen LogP contribution is -1.93. The molecule has 0 aromatic rings. The van der Waals surface area contributed by atoms with E-state index >= 15 is 0 Å². The molecule has 0 aromatic carbocycles. The van der Waals surface area contributed by atoms with Gasteiger partial charge >= 0.3 is 11.9 Å². The van der Waals surface area contributed by atoms with Gasteiger partial charge in [-0.25, -0.2) is 4.79 Å². The number of hydrogen-bond donors (Lipinski definition) is 1. The summed E-state index contributed by atoms with van der Waals surface area (Å²) in [6.07, 6.45) is 21.5. The predicted molar refractivity (Wildman–Crippen MR) is 102 cm³/mol. The highest BCUT2D eigenvalue weighted by Crippen LogP contribution is 2.13. The summed E-state index contributed by atoms with van der Waals surface area (Å²) in [6.45, 7) is 3.34. The van der Waals surface area contributed by atoms with Crippen molar-refractivity contribution in [3.8, 4) is 0 Å². The summed E-state index contributed by atoms with van der Waals surface area (Å²) in [5.74, 6) is -1.03. The average Bonchev–Trinajstić information content (AvgIpc) is 2.57. The van der Waals surface area contributed by atoms with Crippen molar-refractivity contribution < 1.29 is 19.4 Å². The van der Waals surface area contributed by atoms with Crippen LogP contribution in [0.25, 0.3) is 0 Å². The fourth-order valence-corrected chi connectivity index (χ4v) is 2.78. The minimum absolute atomic E-state index is 0.318. The van der Waals surface area contributed by atoms with E-state index in [2.05, 4.69) is 11.3 Å². The van der Waals surface area contributed by atoms with Gasteiger partial charge in [-0.05, 0) is 19.3 Å². The van der Waals surface area contributed by atoms with Gasteiger partial charge in [0, 0.05) is 12.5 Å². The van der Waals surface area contributed by atoms with Crippen LogP contribution in [0.1, 0.15) is 96.3 Å². The van der Waals surface area contributed by atoms with Gasteiger partial charge in [0.15, 0.2) is 0 Å². The van der Waals surface area contributed by atoms with Gasteiger partial charge in [-0.3, -0.25) is 4.79 Å². The molecule has 1 N–H and O–H groups in total. The van der Waals surface area contributed by atoms with Crippen LogP contribution in [0.3, 0.4) is 0 Å². The van der Waals surface area contributed by atoms with E-state index in [1.165, 1.54) is 70.3 Å². The van der Waals surface area contributed by atoms with Crippen LogP contribution in [-0.4, -0.2) is 17.0 Å². The number of esters is 1. The molecule has 0 bridgehead atoms. The summed E-state index contributed by atoms with van der Waals surface area (Å²) in [4.78, 5) is 21.4. The third kappa shape index (κ3) is 20.4. The van der Waals surface area contributed by atoms with Crippen molar-refractivity contribution in [3.05, 3.63) is 25.0 Å². The van der Waals surface area contributed by atoms with E-state index in [1.807, 2.05) is 6.08 Å². The first kappa shape index (κ1) is 23.4. The van der Waals surface area contributed by atoms with Crippen molar-refractivity contribution in [2.75, 3.05) is 0 Å². The van der Waals surface area contributed by atoms with Crippen LogP contribution in [0, 0.1) is 0 Å². The van der Waals surface area contributed by atoms with Crippen molar-refractivity contribution in [1.29, 1.82) is 0 Å². The Bertz CT molecular complexity index is 374. The van der Waals surface area contributed by atoms with E-state index in [9.17, 15) is 9.59 Å². The molecule has 0 aliphatic heterocycles. The number of unbranched alkanes of at least 4 members (excludes halogenated alkanes) is 13. The molecule has 0 rings (SSSR count). The summed E-state index contributed by atoms with van der Waals surface area (Å²) in [6, 6.07) is 0. The van der Waals surface area contributed by atoms with E-state index in [-0.39, 0.29) is 5.97 Å². The molecule has 0 amide bonds. The first-order valence-electron chi connectivity index (χ1n) is 9.86. The molecule has 0 spiro atoms. The smallest absolute Gasteiger partial charge is 0.335 e. The number of rotatable bonds is 18. The number of carboxylic acid groups (broad SMARTS) is 1. The Morgan fingerprint density at radius 1 is 0.760 bits per heavy atom. The molecule has 0 heterocycles. The Kier molecular flexibility index (Phi) is 17.6. The molecule has 0 atom stereocenters. The molecule has 0 saturated carbocycles. The maximum atomic E-state index is 11.0. The number of allylic oxidation sites excluding steroid dienone is 1. The van der Waals surface area contributed by atoms with Crippen molar-refractivity contribution in [1.82, 2.24) is 0 Å². The first-order chi connectivity index (χ1) is 12.2. The fraction of sp³-hybridized carbons (Fsp3) is 0.714. The van der Waals surface area contributed by atoms with Gasteiger partial charge in [0.2, 0.25) is 0 Å². The van der Waals surface area contributed by atoms with Gasteiger partial charge in [-0.1, -0.05) is 83.3 Å². The van der Waals surface area contributed by atoms with Crippen LogP contribution < -0.4 is 0 Å². The molecule has 4 nitrogen and oxygen atoms in total. The molecule has 0 fully saturated rings. The van der Waals surface area contributed by atoms with Crippen LogP contribution in [0.2, 0.25) is 0 Å². The third-order valence-electron chi connectivity index (χ3n) is 4.21. The van der Waals surface area contributed by atoms with E-state index < -0.39 is 5.97 Å². The largest absolute Gasteiger partial charge is 0.481 e. The van der Waals surface area contributed by atoms with Gasteiger partial charge in [0.05, 0.1) is 6.26 Å². The van der Waals surface area contributed by atoms with E-state index in [0.717, 1.165) is 31.9 Å². The number of hydrogen-bond acceptors (Lipinski definition) is 3. The van der Waals surface area contributed by atoms with Gasteiger partial charge in [-0.15, -0.1) is 0 Å². The number of carbonyl (C=O) groups is 2. The summed E-state index contributed by atoms with van der Waals surface area (Å²) < 4.78 is 4.59. The Balaban J connectivity index is 3.13. The minimum atomic E-state index is -0.676. The van der Waals surface area contributed by atoms with E-state index in [0.29, 0.717) is 6.42 Å². The Labute approximate surface area is 153 Å². The second-order valence-electron chi connectivity index (χ2n) is 6.53. The highest BCUT2D eigenvalue weighted by Gasteiger charge is 1.97. The molecule has 0 saturated heterocycles. The van der Waals surface area contributed by atoms with Gasteiger partial charge in [-0.2, -0.15) is 0 Å². The lowest BCUT2D eigenvalue weighted by Gasteiger charge is -2.03. The molecule has 0 unspecified atom stereocenters. The van der Waals surface area contributed by atoms with Crippen LogP contribution in [0.5, 0.6) is 0 Å². The second kappa shape index (κ2) is 18.8. The van der Waals surface area contributed by atoms with Crippen molar-refractivity contribution in [3.63, 3.8) is 0 Å². The number of ether oxygens (including phenoxy) is 1. The van der Waals surface area contributed by atoms with Crippen molar-refractivity contribution >= 4 is 11.9 Å². The lowest BCUT2D eigenvalue weighted by molar-refractivity contribution is -0.137. The lowest BCUT2D eigenvalue weighted by atomic mass is 10.0.